The van der Waals surface area contributed by atoms with Gasteiger partial charge in [-0.25, -0.2) is 4.79 Å². The summed E-state index contributed by atoms with van der Waals surface area (Å²) < 4.78 is 1.63. The molecule has 0 bridgehead atoms. The number of hydrogen-bond donors (Lipinski definition) is 2. The molecule has 0 aliphatic heterocycles. The molecular weight excluding hydrogens is 218 g/mol. The molecule has 0 amide bonds. The van der Waals surface area contributed by atoms with Gasteiger partial charge >= 0.3 is 5.97 Å². The van der Waals surface area contributed by atoms with Crippen LogP contribution in [0, 0.1) is 0 Å². The summed E-state index contributed by atoms with van der Waals surface area (Å²) in [6, 6.07) is 5.76. The number of anilines is 1. The fourth-order valence-electron chi connectivity index (χ4n) is 2.04. The molecule has 1 aliphatic carbocycles. The van der Waals surface area contributed by atoms with Crippen LogP contribution < -0.4 is 5.32 Å². The monoisotopic (exact) mass is 231 g/mol. The Morgan fingerprint density at radius 2 is 2.29 bits per heavy atom. The Morgan fingerprint density at radius 1 is 1.53 bits per heavy atom. The summed E-state index contributed by atoms with van der Waals surface area (Å²) in [5.41, 5.74) is 0.962. The predicted octanol–water partition coefficient (Wildman–Crippen LogP) is 1.85. The highest BCUT2D eigenvalue weighted by atomic mass is 16.4. The molecule has 2 aromatic rings. The number of aromatic carboxylic acids is 1. The molecule has 1 fully saturated rings. The number of para-hydroxylation sites is 1. The highest BCUT2D eigenvalue weighted by Gasteiger charge is 2.24. The first-order valence-electron chi connectivity index (χ1n) is 5.62. The number of nitrogens with one attached hydrogen (secondary N) is 1. The molecule has 0 spiro atoms. The number of nitrogens with zero attached hydrogens (tertiary/aromatic N) is 2. The lowest BCUT2D eigenvalue weighted by atomic mass is 10.1. The number of carbonyl (C=O) groups is 1. The number of fused-ring (bicyclic) bond motifs is 1. The Bertz CT molecular complexity index is 599. The third kappa shape index (κ3) is 1.63. The molecule has 2 N–H and O–H groups in total. The van der Waals surface area contributed by atoms with Gasteiger partial charge in [0, 0.05) is 18.5 Å². The first-order chi connectivity index (χ1) is 8.16. The Balaban J connectivity index is 2.19. The van der Waals surface area contributed by atoms with Crippen LogP contribution in [0.25, 0.3) is 10.9 Å². The second-order valence-corrected chi connectivity index (χ2v) is 4.40. The predicted molar refractivity (Wildman–Crippen MR) is 64.3 cm³/mol. The first kappa shape index (κ1) is 10.1. The summed E-state index contributed by atoms with van der Waals surface area (Å²) in [6.07, 6.45) is 2.33. The smallest absolute Gasteiger partial charge is 0.337 e. The number of carboxylic acids is 1. The second kappa shape index (κ2) is 3.48. The molecule has 0 atom stereocenters. The largest absolute Gasteiger partial charge is 0.478 e. The fourth-order valence-corrected chi connectivity index (χ4v) is 2.04. The third-order valence-electron chi connectivity index (χ3n) is 3.01. The molecule has 5 nitrogen and oxygen atoms in total. The van der Waals surface area contributed by atoms with Gasteiger partial charge < -0.3 is 10.4 Å². The molecule has 0 radical (unpaired) electrons. The van der Waals surface area contributed by atoms with E-state index in [0.29, 0.717) is 17.1 Å². The van der Waals surface area contributed by atoms with Crippen LogP contribution in [0.15, 0.2) is 18.2 Å². The topological polar surface area (TPSA) is 67.2 Å². The van der Waals surface area contributed by atoms with Crippen LogP contribution in [0.3, 0.4) is 0 Å². The maximum Gasteiger partial charge on any atom is 0.337 e. The minimum absolute atomic E-state index is 0.293. The summed E-state index contributed by atoms with van der Waals surface area (Å²) in [5.74, 6) is -0.135. The van der Waals surface area contributed by atoms with E-state index in [1.165, 1.54) is 0 Å². The summed E-state index contributed by atoms with van der Waals surface area (Å²) in [7, 11) is 1.77. The van der Waals surface area contributed by atoms with Crippen molar-refractivity contribution >= 4 is 22.7 Å². The van der Waals surface area contributed by atoms with Crippen LogP contribution in [-0.4, -0.2) is 26.9 Å². The van der Waals surface area contributed by atoms with E-state index in [1.807, 2.05) is 6.07 Å². The van der Waals surface area contributed by atoms with E-state index in [-0.39, 0.29) is 0 Å². The number of benzene rings is 1. The molecular formula is C12H13N3O2. The Hall–Kier alpha value is -2.04. The van der Waals surface area contributed by atoms with Gasteiger partial charge in [0.1, 0.15) is 0 Å². The van der Waals surface area contributed by atoms with Crippen molar-refractivity contribution in [2.24, 2.45) is 7.05 Å². The van der Waals surface area contributed by atoms with Crippen molar-refractivity contribution in [3.8, 4) is 0 Å². The lowest BCUT2D eigenvalue weighted by Gasteiger charge is -2.00. The van der Waals surface area contributed by atoms with Crippen LogP contribution >= 0.6 is 0 Å². The lowest BCUT2D eigenvalue weighted by Crippen LogP contribution is -2.02. The molecule has 1 heterocycles. The number of aryl methyl sites for hydroxylation is 1. The molecule has 1 aliphatic rings. The number of rotatable bonds is 3. The van der Waals surface area contributed by atoms with Crippen molar-refractivity contribution in [3.63, 3.8) is 0 Å². The maximum atomic E-state index is 11.1. The number of hydrogen-bond acceptors (Lipinski definition) is 3. The van der Waals surface area contributed by atoms with E-state index in [9.17, 15) is 4.79 Å². The van der Waals surface area contributed by atoms with E-state index in [0.717, 1.165) is 24.0 Å². The Kier molecular flexibility index (Phi) is 2.07. The van der Waals surface area contributed by atoms with E-state index in [2.05, 4.69) is 10.4 Å². The highest BCUT2D eigenvalue weighted by Crippen LogP contribution is 2.30. The molecule has 0 unspecified atom stereocenters. The van der Waals surface area contributed by atoms with Gasteiger partial charge in [0.15, 0.2) is 5.82 Å². The molecule has 1 aromatic heterocycles. The average Bonchev–Trinajstić information content (AvgIpc) is 3.05. The quantitative estimate of drug-likeness (QED) is 0.845. The van der Waals surface area contributed by atoms with Gasteiger partial charge in [-0.15, -0.1) is 0 Å². The van der Waals surface area contributed by atoms with Crippen molar-refractivity contribution in [1.29, 1.82) is 0 Å². The van der Waals surface area contributed by atoms with Gasteiger partial charge in [-0.05, 0) is 25.0 Å². The fraction of sp³-hybridized carbons (Fsp3) is 0.333. The van der Waals surface area contributed by atoms with Gasteiger partial charge in [-0.1, -0.05) is 6.07 Å². The van der Waals surface area contributed by atoms with Gasteiger partial charge in [0.25, 0.3) is 0 Å². The number of carboxylic acid groups (broad SMARTS) is 1. The highest BCUT2D eigenvalue weighted by molar-refractivity contribution is 6.05. The second-order valence-electron chi connectivity index (χ2n) is 4.40. The van der Waals surface area contributed by atoms with Gasteiger partial charge in [0.05, 0.1) is 11.1 Å². The molecule has 17 heavy (non-hydrogen) atoms. The molecule has 0 saturated heterocycles. The summed E-state index contributed by atoms with van der Waals surface area (Å²) in [6.45, 7) is 0. The van der Waals surface area contributed by atoms with Gasteiger partial charge in [-0.3, -0.25) is 4.68 Å². The minimum atomic E-state index is -0.920. The van der Waals surface area contributed by atoms with Gasteiger partial charge in [0.2, 0.25) is 0 Å². The lowest BCUT2D eigenvalue weighted by molar-refractivity contribution is 0.0698. The third-order valence-corrected chi connectivity index (χ3v) is 3.01. The van der Waals surface area contributed by atoms with Crippen LogP contribution in [0.4, 0.5) is 5.82 Å². The minimum Gasteiger partial charge on any atom is -0.478 e. The van der Waals surface area contributed by atoms with Crippen molar-refractivity contribution < 1.29 is 9.90 Å². The Labute approximate surface area is 98.0 Å². The molecule has 88 valence electrons. The van der Waals surface area contributed by atoms with Crippen LogP contribution in [-0.2, 0) is 7.05 Å². The molecule has 3 rings (SSSR count). The first-order valence-corrected chi connectivity index (χ1v) is 5.62. The van der Waals surface area contributed by atoms with E-state index < -0.39 is 5.97 Å². The zero-order chi connectivity index (χ0) is 12.0. The summed E-state index contributed by atoms with van der Waals surface area (Å²) in [4.78, 5) is 11.1. The zero-order valence-electron chi connectivity index (χ0n) is 9.47. The molecule has 1 saturated carbocycles. The maximum absolute atomic E-state index is 11.1. The van der Waals surface area contributed by atoms with Crippen molar-refractivity contribution in [3.05, 3.63) is 23.8 Å². The summed E-state index contributed by atoms with van der Waals surface area (Å²) >= 11 is 0. The van der Waals surface area contributed by atoms with E-state index in [1.54, 1.807) is 23.9 Å². The van der Waals surface area contributed by atoms with Gasteiger partial charge in [-0.2, -0.15) is 5.10 Å². The molecule has 1 aromatic carbocycles. The van der Waals surface area contributed by atoms with Crippen LogP contribution in [0.1, 0.15) is 23.2 Å². The van der Waals surface area contributed by atoms with Crippen LogP contribution in [0.5, 0.6) is 0 Å². The van der Waals surface area contributed by atoms with E-state index >= 15 is 0 Å². The number of aromatic nitrogens is 2. The molecule has 5 heteroatoms. The summed E-state index contributed by atoms with van der Waals surface area (Å²) in [5, 5.41) is 17.7. The van der Waals surface area contributed by atoms with Crippen molar-refractivity contribution in [1.82, 2.24) is 9.78 Å². The zero-order valence-corrected chi connectivity index (χ0v) is 9.47. The SMILES string of the molecule is Cn1nc(NC2CC2)c2cccc(C(=O)O)c21. The van der Waals surface area contributed by atoms with E-state index in [4.69, 9.17) is 5.11 Å². The van der Waals surface area contributed by atoms with Crippen molar-refractivity contribution in [2.45, 2.75) is 18.9 Å². The van der Waals surface area contributed by atoms with Crippen molar-refractivity contribution in [2.75, 3.05) is 5.32 Å². The average molecular weight is 231 g/mol. The standard InChI is InChI=1S/C12H13N3O2/c1-15-10-8(3-2-4-9(10)12(16)17)11(14-15)13-7-5-6-7/h2-4,7H,5-6H2,1H3,(H,13,14)(H,16,17). The normalized spacial score (nSPS) is 15.1. The Morgan fingerprint density at radius 3 is 2.94 bits per heavy atom. The van der Waals surface area contributed by atoms with Crippen LogP contribution in [0.2, 0.25) is 0 Å².